The third kappa shape index (κ3) is 3.12. The highest BCUT2D eigenvalue weighted by Crippen LogP contribution is 2.33. The van der Waals surface area contributed by atoms with Gasteiger partial charge in [-0.1, -0.05) is 6.42 Å². The summed E-state index contributed by atoms with van der Waals surface area (Å²) in [5.74, 6) is -2.12. The number of amides is 1. The average Bonchev–Trinajstić information content (AvgIpc) is 2.82. The Balaban J connectivity index is 2.10. The van der Waals surface area contributed by atoms with E-state index in [-0.39, 0.29) is 5.91 Å². The van der Waals surface area contributed by atoms with Crippen LogP contribution in [-0.2, 0) is 9.59 Å². The molecule has 1 aliphatic rings. The molecular weight excluding hydrogens is 312 g/mol. The number of nitrogens with one attached hydrogen (secondary N) is 1. The lowest BCUT2D eigenvalue weighted by atomic mass is 9.95. The minimum Gasteiger partial charge on any atom is -0.481 e. The molecule has 0 bridgehead atoms. The molecule has 1 amide bonds. The standard InChI is InChI=1S/C13H15BrN2O3/c1-7-10(5-6-11(14)15-7)16-12(17)8-3-2-4-9(8)13(18)19/h5-6,8-9H,2-4H2,1H3,(H,16,17)(H,18,19)/t8-,9+/m1/s1. The molecule has 102 valence electrons. The fraction of sp³-hybridized carbons (Fsp3) is 0.462. The maximum absolute atomic E-state index is 12.2. The van der Waals surface area contributed by atoms with Gasteiger partial charge in [0.15, 0.2) is 0 Å². The van der Waals surface area contributed by atoms with Crippen molar-refractivity contribution in [2.45, 2.75) is 26.2 Å². The first kappa shape index (κ1) is 14.0. The van der Waals surface area contributed by atoms with Crippen molar-refractivity contribution in [3.63, 3.8) is 0 Å². The van der Waals surface area contributed by atoms with E-state index in [0.29, 0.717) is 28.8 Å². The normalized spacial score (nSPS) is 22.2. The molecule has 1 aromatic rings. The largest absolute Gasteiger partial charge is 0.481 e. The van der Waals surface area contributed by atoms with Crippen molar-refractivity contribution in [3.8, 4) is 0 Å². The van der Waals surface area contributed by atoms with Crippen LogP contribution in [0.3, 0.4) is 0 Å². The second-order valence-electron chi connectivity index (χ2n) is 4.74. The number of carboxylic acids is 1. The summed E-state index contributed by atoms with van der Waals surface area (Å²) in [6.07, 6.45) is 1.99. The summed E-state index contributed by atoms with van der Waals surface area (Å²) >= 11 is 3.26. The molecule has 0 unspecified atom stereocenters. The number of carboxylic acid groups (broad SMARTS) is 1. The Hall–Kier alpha value is -1.43. The number of hydrogen-bond donors (Lipinski definition) is 2. The van der Waals surface area contributed by atoms with Gasteiger partial charge in [0.25, 0.3) is 0 Å². The molecule has 1 saturated carbocycles. The molecule has 6 heteroatoms. The van der Waals surface area contributed by atoms with E-state index in [9.17, 15) is 9.59 Å². The second kappa shape index (κ2) is 5.69. The monoisotopic (exact) mass is 326 g/mol. The van der Waals surface area contributed by atoms with Gasteiger partial charge >= 0.3 is 5.97 Å². The average molecular weight is 327 g/mol. The van der Waals surface area contributed by atoms with Crippen molar-refractivity contribution in [3.05, 3.63) is 22.4 Å². The van der Waals surface area contributed by atoms with Gasteiger partial charge in [-0.15, -0.1) is 0 Å². The van der Waals surface area contributed by atoms with E-state index in [1.807, 2.05) is 0 Å². The van der Waals surface area contributed by atoms with Crippen LogP contribution in [0.4, 0.5) is 5.69 Å². The number of nitrogens with zero attached hydrogens (tertiary/aromatic N) is 1. The van der Waals surface area contributed by atoms with Gasteiger partial charge in [-0.3, -0.25) is 9.59 Å². The molecule has 1 aliphatic carbocycles. The maximum atomic E-state index is 12.2. The third-order valence-corrected chi connectivity index (χ3v) is 3.92. The number of halogens is 1. The van der Waals surface area contributed by atoms with Crippen molar-refractivity contribution in [2.24, 2.45) is 11.8 Å². The summed E-state index contributed by atoms with van der Waals surface area (Å²) in [5.41, 5.74) is 1.33. The molecule has 1 aromatic heterocycles. The van der Waals surface area contributed by atoms with Crippen LogP contribution in [0.1, 0.15) is 25.0 Å². The number of hydrogen-bond acceptors (Lipinski definition) is 3. The number of carbonyl (C=O) groups excluding carboxylic acids is 1. The molecule has 0 spiro atoms. The van der Waals surface area contributed by atoms with E-state index in [0.717, 1.165) is 6.42 Å². The van der Waals surface area contributed by atoms with Gasteiger partial charge in [-0.25, -0.2) is 4.98 Å². The van der Waals surface area contributed by atoms with Crippen molar-refractivity contribution in [1.29, 1.82) is 0 Å². The highest BCUT2D eigenvalue weighted by atomic mass is 79.9. The van der Waals surface area contributed by atoms with Gasteiger partial charge < -0.3 is 10.4 Å². The summed E-state index contributed by atoms with van der Waals surface area (Å²) < 4.78 is 0.701. The van der Waals surface area contributed by atoms with Crippen molar-refractivity contribution in [2.75, 3.05) is 5.32 Å². The van der Waals surface area contributed by atoms with E-state index in [1.165, 1.54) is 0 Å². The van der Waals surface area contributed by atoms with Crippen LogP contribution in [0, 0.1) is 18.8 Å². The summed E-state index contributed by atoms with van der Waals surface area (Å²) in [4.78, 5) is 27.4. The van der Waals surface area contributed by atoms with Crippen LogP contribution in [0.2, 0.25) is 0 Å². The summed E-state index contributed by atoms with van der Waals surface area (Å²) in [7, 11) is 0. The van der Waals surface area contributed by atoms with Crippen LogP contribution >= 0.6 is 15.9 Å². The Morgan fingerprint density at radius 2 is 2.05 bits per heavy atom. The predicted octanol–water partition coefficient (Wildman–Crippen LogP) is 2.59. The van der Waals surface area contributed by atoms with Crippen LogP contribution in [-0.4, -0.2) is 22.0 Å². The first-order valence-electron chi connectivity index (χ1n) is 6.16. The molecule has 19 heavy (non-hydrogen) atoms. The molecule has 0 aromatic carbocycles. The van der Waals surface area contributed by atoms with Crippen LogP contribution in [0.5, 0.6) is 0 Å². The number of anilines is 1. The van der Waals surface area contributed by atoms with Gasteiger partial charge in [0.05, 0.1) is 23.2 Å². The lowest BCUT2D eigenvalue weighted by molar-refractivity contribution is -0.145. The molecule has 2 atom stereocenters. The molecule has 2 rings (SSSR count). The quantitative estimate of drug-likeness (QED) is 0.837. The van der Waals surface area contributed by atoms with Crippen LogP contribution < -0.4 is 5.32 Å². The molecule has 2 N–H and O–H groups in total. The zero-order valence-electron chi connectivity index (χ0n) is 10.5. The number of pyridine rings is 1. The number of aliphatic carboxylic acids is 1. The minimum atomic E-state index is -0.886. The predicted molar refractivity (Wildman–Crippen MR) is 73.8 cm³/mol. The van der Waals surface area contributed by atoms with Gasteiger partial charge in [0.2, 0.25) is 5.91 Å². The van der Waals surface area contributed by atoms with E-state index >= 15 is 0 Å². The third-order valence-electron chi connectivity index (χ3n) is 3.48. The minimum absolute atomic E-state index is 0.225. The van der Waals surface area contributed by atoms with Gasteiger partial charge in [0, 0.05) is 0 Å². The summed E-state index contributed by atoms with van der Waals surface area (Å²) in [5, 5.41) is 11.9. The first-order valence-corrected chi connectivity index (χ1v) is 6.95. The molecule has 0 aliphatic heterocycles. The summed E-state index contributed by atoms with van der Waals surface area (Å²) in [6, 6.07) is 3.50. The zero-order valence-corrected chi connectivity index (χ0v) is 12.1. The van der Waals surface area contributed by atoms with Gasteiger partial charge in [-0.2, -0.15) is 0 Å². The number of aryl methyl sites for hydroxylation is 1. The number of rotatable bonds is 3. The molecule has 1 fully saturated rings. The zero-order chi connectivity index (χ0) is 14.0. The highest BCUT2D eigenvalue weighted by Gasteiger charge is 2.37. The van der Waals surface area contributed by atoms with E-state index in [2.05, 4.69) is 26.2 Å². The highest BCUT2D eigenvalue weighted by molar-refractivity contribution is 9.10. The van der Waals surface area contributed by atoms with Gasteiger partial charge in [0.1, 0.15) is 4.60 Å². The fourth-order valence-electron chi connectivity index (χ4n) is 2.46. The second-order valence-corrected chi connectivity index (χ2v) is 5.55. The topological polar surface area (TPSA) is 79.3 Å². The van der Waals surface area contributed by atoms with E-state index in [4.69, 9.17) is 5.11 Å². The maximum Gasteiger partial charge on any atom is 0.307 e. The lowest BCUT2D eigenvalue weighted by Gasteiger charge is -2.16. The molecule has 5 nitrogen and oxygen atoms in total. The Morgan fingerprint density at radius 1 is 1.37 bits per heavy atom. The Labute approximate surface area is 119 Å². The summed E-state index contributed by atoms with van der Waals surface area (Å²) in [6.45, 7) is 1.80. The molecule has 0 radical (unpaired) electrons. The van der Waals surface area contributed by atoms with Gasteiger partial charge in [-0.05, 0) is 47.8 Å². The van der Waals surface area contributed by atoms with Crippen molar-refractivity contribution in [1.82, 2.24) is 4.98 Å². The fourth-order valence-corrected chi connectivity index (χ4v) is 2.86. The number of carbonyl (C=O) groups is 2. The lowest BCUT2D eigenvalue weighted by Crippen LogP contribution is -2.30. The van der Waals surface area contributed by atoms with Crippen LogP contribution in [0.25, 0.3) is 0 Å². The first-order chi connectivity index (χ1) is 8.99. The van der Waals surface area contributed by atoms with Crippen molar-refractivity contribution < 1.29 is 14.7 Å². The van der Waals surface area contributed by atoms with E-state index < -0.39 is 17.8 Å². The molecule has 0 saturated heterocycles. The smallest absolute Gasteiger partial charge is 0.307 e. The Morgan fingerprint density at radius 3 is 2.68 bits per heavy atom. The SMILES string of the molecule is Cc1nc(Br)ccc1NC(=O)[C@@H]1CCC[C@@H]1C(=O)O. The van der Waals surface area contributed by atoms with Crippen molar-refractivity contribution >= 4 is 33.5 Å². The number of aromatic nitrogens is 1. The Kier molecular flexibility index (Phi) is 4.19. The van der Waals surface area contributed by atoms with Crippen LogP contribution in [0.15, 0.2) is 16.7 Å². The Bertz CT molecular complexity index is 519. The van der Waals surface area contributed by atoms with E-state index in [1.54, 1.807) is 19.1 Å². The molecule has 1 heterocycles. The molecular formula is C13H15BrN2O3.